The Morgan fingerprint density at radius 3 is 2.25 bits per heavy atom. The number of anilines is 1. The van der Waals surface area contributed by atoms with Gasteiger partial charge < -0.3 is 0 Å². The van der Waals surface area contributed by atoms with Gasteiger partial charge in [-0.15, -0.1) is 11.3 Å². The predicted octanol–water partition coefficient (Wildman–Crippen LogP) is 4.58. The van der Waals surface area contributed by atoms with Gasteiger partial charge in [-0.05, 0) is 29.7 Å². The summed E-state index contributed by atoms with van der Waals surface area (Å²) in [5, 5.41) is 8.08. The van der Waals surface area contributed by atoms with E-state index in [1.807, 2.05) is 84.3 Å². The third-order valence-corrected chi connectivity index (χ3v) is 4.57. The Hall–Kier alpha value is -2.98. The maximum atomic E-state index is 13.0. The Balaban J connectivity index is 1.83. The Kier molecular flexibility index (Phi) is 3.81. The fraction of sp³-hybridized carbons (Fsp3) is 0. The molecule has 3 nitrogen and oxygen atoms in total. The van der Waals surface area contributed by atoms with Gasteiger partial charge in [0.25, 0.3) is 5.91 Å². The van der Waals surface area contributed by atoms with Crippen LogP contribution in [0.1, 0.15) is 10.4 Å². The summed E-state index contributed by atoms with van der Waals surface area (Å²) in [7, 11) is 0. The van der Waals surface area contributed by atoms with Gasteiger partial charge in [-0.2, -0.15) is 10.1 Å². The second-order valence-electron chi connectivity index (χ2n) is 5.34. The molecule has 0 saturated carbocycles. The van der Waals surface area contributed by atoms with Crippen molar-refractivity contribution in [2.24, 2.45) is 5.10 Å². The summed E-state index contributed by atoms with van der Waals surface area (Å²) in [6.07, 6.45) is 1.92. The lowest BCUT2D eigenvalue weighted by molar-refractivity contribution is -0.114. The van der Waals surface area contributed by atoms with Crippen molar-refractivity contribution in [3.63, 3.8) is 0 Å². The zero-order chi connectivity index (χ0) is 16.4. The molecule has 3 aromatic rings. The van der Waals surface area contributed by atoms with E-state index in [0.717, 1.165) is 16.1 Å². The number of carbonyl (C=O) groups is 1. The molecule has 0 spiro atoms. The molecule has 2 aromatic carbocycles. The number of hydrogen-bond acceptors (Lipinski definition) is 3. The lowest BCUT2D eigenvalue weighted by atomic mass is 10.0. The molecule has 0 N–H and O–H groups in total. The normalized spacial score (nSPS) is 15.8. The van der Waals surface area contributed by atoms with Crippen molar-refractivity contribution in [2.45, 2.75) is 0 Å². The summed E-state index contributed by atoms with van der Waals surface area (Å²) >= 11 is 1.60. The quantitative estimate of drug-likeness (QED) is 0.647. The summed E-state index contributed by atoms with van der Waals surface area (Å²) in [5.74, 6) is -0.103. The van der Waals surface area contributed by atoms with Crippen LogP contribution in [0.4, 0.5) is 5.69 Å². The van der Waals surface area contributed by atoms with Gasteiger partial charge >= 0.3 is 0 Å². The number of amides is 1. The summed E-state index contributed by atoms with van der Waals surface area (Å²) in [4.78, 5) is 14.0. The van der Waals surface area contributed by atoms with Crippen molar-refractivity contribution in [1.82, 2.24) is 0 Å². The van der Waals surface area contributed by atoms with Crippen LogP contribution in [-0.2, 0) is 4.79 Å². The smallest absolute Gasteiger partial charge is 0.267 e. The minimum absolute atomic E-state index is 0.103. The van der Waals surface area contributed by atoms with E-state index in [2.05, 4.69) is 5.10 Å². The number of hydrogen-bond donors (Lipinski definition) is 0. The van der Waals surface area contributed by atoms with Crippen LogP contribution in [0.5, 0.6) is 0 Å². The Bertz CT molecular complexity index is 913. The summed E-state index contributed by atoms with van der Waals surface area (Å²) in [6, 6.07) is 23.3. The minimum Gasteiger partial charge on any atom is -0.267 e. The highest BCUT2D eigenvalue weighted by Gasteiger charge is 2.31. The first kappa shape index (κ1) is 14.6. The fourth-order valence-electron chi connectivity index (χ4n) is 2.61. The van der Waals surface area contributed by atoms with E-state index in [-0.39, 0.29) is 5.91 Å². The average molecular weight is 330 g/mol. The molecule has 0 radical (unpaired) electrons. The van der Waals surface area contributed by atoms with Gasteiger partial charge in [-0.1, -0.05) is 54.6 Å². The van der Waals surface area contributed by atoms with Gasteiger partial charge in [0.15, 0.2) is 0 Å². The molecule has 1 aliphatic heterocycles. The molecule has 0 unspecified atom stereocenters. The van der Waals surface area contributed by atoms with Crippen LogP contribution in [0.15, 0.2) is 88.9 Å². The highest BCUT2D eigenvalue weighted by atomic mass is 32.1. The Morgan fingerprint density at radius 1 is 0.875 bits per heavy atom. The van der Waals surface area contributed by atoms with Gasteiger partial charge in [0.2, 0.25) is 0 Å². The third kappa shape index (κ3) is 2.68. The largest absolute Gasteiger partial charge is 0.281 e. The van der Waals surface area contributed by atoms with Crippen molar-refractivity contribution < 1.29 is 4.79 Å². The van der Waals surface area contributed by atoms with Crippen molar-refractivity contribution in [3.8, 4) is 0 Å². The number of nitrogens with zero attached hydrogens (tertiary/aromatic N) is 2. The summed E-state index contributed by atoms with van der Waals surface area (Å²) in [5.41, 5.74) is 3.03. The van der Waals surface area contributed by atoms with Crippen LogP contribution in [0.25, 0.3) is 6.08 Å². The molecular formula is C20H14N2OS. The molecule has 0 aliphatic carbocycles. The van der Waals surface area contributed by atoms with Crippen LogP contribution in [0.3, 0.4) is 0 Å². The average Bonchev–Trinajstić information content (AvgIpc) is 3.26. The first-order valence-corrected chi connectivity index (χ1v) is 8.50. The van der Waals surface area contributed by atoms with Crippen molar-refractivity contribution >= 4 is 34.7 Å². The molecule has 4 heteroatoms. The fourth-order valence-corrected chi connectivity index (χ4v) is 3.27. The van der Waals surface area contributed by atoms with E-state index in [0.29, 0.717) is 11.3 Å². The number of thiophene rings is 1. The molecule has 0 saturated heterocycles. The molecule has 24 heavy (non-hydrogen) atoms. The number of rotatable bonds is 3. The van der Waals surface area contributed by atoms with E-state index < -0.39 is 0 Å². The Morgan fingerprint density at radius 2 is 1.58 bits per heavy atom. The standard InChI is InChI=1S/C20H14N2OS/c23-20-18(14-17-12-7-13-24-17)19(15-8-3-1-4-9-15)21-22(20)16-10-5-2-6-11-16/h1-14H/b18-14-. The van der Waals surface area contributed by atoms with Gasteiger partial charge in [0.05, 0.1) is 11.3 Å². The van der Waals surface area contributed by atoms with E-state index in [4.69, 9.17) is 0 Å². The first-order chi connectivity index (χ1) is 11.8. The predicted molar refractivity (Wildman–Crippen MR) is 99.2 cm³/mol. The molecular weight excluding hydrogens is 316 g/mol. The molecule has 0 atom stereocenters. The van der Waals surface area contributed by atoms with Crippen LogP contribution in [0, 0.1) is 0 Å². The molecule has 116 valence electrons. The highest BCUT2D eigenvalue weighted by molar-refractivity contribution is 7.10. The maximum Gasteiger partial charge on any atom is 0.281 e. The Labute approximate surface area is 144 Å². The van der Waals surface area contributed by atoms with E-state index in [1.54, 1.807) is 11.3 Å². The first-order valence-electron chi connectivity index (χ1n) is 7.62. The van der Waals surface area contributed by atoms with E-state index in [9.17, 15) is 4.79 Å². The molecule has 1 aliphatic rings. The van der Waals surface area contributed by atoms with Crippen molar-refractivity contribution in [1.29, 1.82) is 0 Å². The zero-order valence-corrected chi connectivity index (χ0v) is 13.6. The van der Waals surface area contributed by atoms with Crippen LogP contribution in [-0.4, -0.2) is 11.6 Å². The highest BCUT2D eigenvalue weighted by Crippen LogP contribution is 2.28. The van der Waals surface area contributed by atoms with Crippen LogP contribution in [0.2, 0.25) is 0 Å². The van der Waals surface area contributed by atoms with Crippen molar-refractivity contribution in [2.75, 3.05) is 5.01 Å². The van der Waals surface area contributed by atoms with Crippen LogP contribution >= 0.6 is 11.3 Å². The van der Waals surface area contributed by atoms with Gasteiger partial charge in [-0.25, -0.2) is 0 Å². The minimum atomic E-state index is -0.103. The van der Waals surface area contributed by atoms with Gasteiger partial charge in [0.1, 0.15) is 5.71 Å². The molecule has 1 amide bonds. The number of carbonyl (C=O) groups excluding carboxylic acids is 1. The van der Waals surface area contributed by atoms with E-state index >= 15 is 0 Å². The zero-order valence-electron chi connectivity index (χ0n) is 12.8. The second kappa shape index (κ2) is 6.26. The molecule has 1 aromatic heterocycles. The third-order valence-electron chi connectivity index (χ3n) is 3.76. The SMILES string of the molecule is O=C1/C(=C\c2cccs2)C(c2ccccc2)=NN1c1ccccc1. The number of hydrazone groups is 1. The monoisotopic (exact) mass is 330 g/mol. The van der Waals surface area contributed by atoms with Gasteiger partial charge in [-0.3, -0.25) is 4.79 Å². The maximum absolute atomic E-state index is 13.0. The number of para-hydroxylation sites is 1. The lowest BCUT2D eigenvalue weighted by Crippen LogP contribution is -2.21. The molecule has 4 rings (SSSR count). The summed E-state index contributed by atoms with van der Waals surface area (Å²) in [6.45, 7) is 0. The second-order valence-corrected chi connectivity index (χ2v) is 6.32. The molecule has 2 heterocycles. The number of benzene rings is 2. The summed E-state index contributed by atoms with van der Waals surface area (Å²) < 4.78 is 0. The molecule has 0 bridgehead atoms. The van der Waals surface area contributed by atoms with Crippen LogP contribution < -0.4 is 5.01 Å². The lowest BCUT2D eigenvalue weighted by Gasteiger charge is -2.10. The van der Waals surface area contributed by atoms with Gasteiger partial charge in [0, 0.05) is 10.4 Å². The molecule has 0 fully saturated rings. The van der Waals surface area contributed by atoms with Crippen molar-refractivity contribution in [3.05, 3.63) is 94.2 Å². The topological polar surface area (TPSA) is 32.7 Å². The van der Waals surface area contributed by atoms with E-state index in [1.165, 1.54) is 5.01 Å².